The average molecular weight is 359 g/mol. The molecule has 1 atom stereocenters. The highest BCUT2D eigenvalue weighted by Crippen LogP contribution is 2.19. The summed E-state index contributed by atoms with van der Waals surface area (Å²) in [6.07, 6.45) is 2.07. The third-order valence-electron chi connectivity index (χ3n) is 4.57. The van der Waals surface area contributed by atoms with Crippen molar-refractivity contribution in [2.24, 2.45) is 10.9 Å². The van der Waals surface area contributed by atoms with E-state index in [4.69, 9.17) is 13.9 Å². The number of nitrogens with one attached hydrogen (secondary N) is 1. The fraction of sp³-hybridized carbons (Fsp3) is 0.550. The number of rotatable bonds is 8. The Morgan fingerprint density at radius 1 is 1.38 bits per heavy atom. The second-order valence-corrected chi connectivity index (χ2v) is 6.74. The Hall–Kier alpha value is -2.05. The maximum Gasteiger partial charge on any atom is 0.193 e. The van der Waals surface area contributed by atoms with Crippen LogP contribution < -0.4 is 5.32 Å². The molecule has 6 nitrogen and oxygen atoms in total. The van der Waals surface area contributed by atoms with Crippen molar-refractivity contribution in [1.29, 1.82) is 0 Å². The number of ether oxygens (including phenoxy) is 2. The van der Waals surface area contributed by atoms with E-state index in [9.17, 15) is 0 Å². The van der Waals surface area contributed by atoms with E-state index in [-0.39, 0.29) is 0 Å². The summed E-state index contributed by atoms with van der Waals surface area (Å²) in [5, 5.41) is 4.51. The molecule has 2 heterocycles. The van der Waals surface area contributed by atoms with Crippen LogP contribution in [0.1, 0.15) is 18.6 Å². The van der Waals surface area contributed by atoms with Crippen LogP contribution >= 0.6 is 0 Å². The van der Waals surface area contributed by atoms with Crippen LogP contribution in [0.15, 0.2) is 39.7 Å². The summed E-state index contributed by atoms with van der Waals surface area (Å²) in [6, 6.07) is 10.1. The van der Waals surface area contributed by atoms with Crippen LogP contribution in [0, 0.1) is 5.92 Å². The van der Waals surface area contributed by atoms with Gasteiger partial charge in [0.25, 0.3) is 0 Å². The van der Waals surface area contributed by atoms with Crippen molar-refractivity contribution in [1.82, 2.24) is 10.2 Å². The number of benzene rings is 1. The summed E-state index contributed by atoms with van der Waals surface area (Å²) in [5.74, 6) is 2.36. The third kappa shape index (κ3) is 5.22. The predicted molar refractivity (Wildman–Crippen MR) is 103 cm³/mol. The molecule has 1 aliphatic heterocycles. The molecule has 1 aromatic heterocycles. The topological polar surface area (TPSA) is 59.2 Å². The number of nitrogens with zero attached hydrogens (tertiary/aromatic N) is 2. The molecule has 0 aliphatic carbocycles. The molecular formula is C20H29N3O3. The SMILES string of the molecule is CN=C(NCCCOCC1CCOC1)N(C)Cc1cc2ccccc2o1. The van der Waals surface area contributed by atoms with Crippen LogP contribution in [0.5, 0.6) is 0 Å². The first-order chi connectivity index (χ1) is 12.8. The smallest absolute Gasteiger partial charge is 0.193 e. The molecule has 0 bridgehead atoms. The summed E-state index contributed by atoms with van der Waals surface area (Å²) < 4.78 is 17.0. The van der Waals surface area contributed by atoms with Crippen LogP contribution in [-0.2, 0) is 16.0 Å². The van der Waals surface area contributed by atoms with Gasteiger partial charge in [-0.25, -0.2) is 0 Å². The number of para-hydroxylation sites is 1. The number of aliphatic imine (C=N–C) groups is 1. The molecule has 3 rings (SSSR count). The lowest BCUT2D eigenvalue weighted by molar-refractivity contribution is 0.0887. The molecule has 0 amide bonds. The normalized spacial score (nSPS) is 17.8. The molecule has 0 radical (unpaired) electrons. The minimum atomic E-state index is 0.575. The first-order valence-corrected chi connectivity index (χ1v) is 9.31. The quantitative estimate of drug-likeness (QED) is 0.446. The number of hydrogen-bond donors (Lipinski definition) is 1. The lowest BCUT2D eigenvalue weighted by atomic mass is 10.1. The van der Waals surface area contributed by atoms with Gasteiger partial charge in [0.15, 0.2) is 5.96 Å². The van der Waals surface area contributed by atoms with Crippen molar-refractivity contribution in [3.05, 3.63) is 36.1 Å². The van der Waals surface area contributed by atoms with Crippen LogP contribution in [0.3, 0.4) is 0 Å². The molecule has 0 spiro atoms. The van der Waals surface area contributed by atoms with Gasteiger partial charge in [0.2, 0.25) is 0 Å². The first kappa shape index (κ1) is 18.7. The Bertz CT molecular complexity index is 674. The molecular weight excluding hydrogens is 330 g/mol. The molecule has 1 unspecified atom stereocenters. The highest BCUT2D eigenvalue weighted by molar-refractivity contribution is 5.80. The lowest BCUT2D eigenvalue weighted by Gasteiger charge is -2.21. The van der Waals surface area contributed by atoms with Gasteiger partial charge in [0, 0.05) is 45.2 Å². The third-order valence-corrected chi connectivity index (χ3v) is 4.57. The number of guanidine groups is 1. The van der Waals surface area contributed by atoms with E-state index < -0.39 is 0 Å². The minimum Gasteiger partial charge on any atom is -0.459 e. The van der Waals surface area contributed by atoms with Crippen LogP contribution in [-0.4, -0.2) is 57.9 Å². The molecule has 2 aromatic rings. The van der Waals surface area contributed by atoms with Crippen LogP contribution in [0.25, 0.3) is 11.0 Å². The molecule has 142 valence electrons. The van der Waals surface area contributed by atoms with E-state index >= 15 is 0 Å². The second kappa shape index (κ2) is 9.59. The largest absolute Gasteiger partial charge is 0.459 e. The molecule has 6 heteroatoms. The number of fused-ring (bicyclic) bond motifs is 1. The summed E-state index contributed by atoms with van der Waals surface area (Å²) in [5.41, 5.74) is 0.920. The summed E-state index contributed by atoms with van der Waals surface area (Å²) >= 11 is 0. The minimum absolute atomic E-state index is 0.575. The Kier molecular flexibility index (Phi) is 6.91. The molecule has 1 fully saturated rings. The van der Waals surface area contributed by atoms with Crippen molar-refractivity contribution in [3.63, 3.8) is 0 Å². The van der Waals surface area contributed by atoms with Gasteiger partial charge in [-0.15, -0.1) is 0 Å². The highest BCUT2D eigenvalue weighted by atomic mass is 16.5. The summed E-state index contributed by atoms with van der Waals surface area (Å²) in [6.45, 7) is 4.79. The van der Waals surface area contributed by atoms with Crippen molar-refractivity contribution < 1.29 is 13.9 Å². The van der Waals surface area contributed by atoms with Gasteiger partial charge >= 0.3 is 0 Å². The van der Waals surface area contributed by atoms with E-state index in [2.05, 4.69) is 27.3 Å². The zero-order valence-corrected chi connectivity index (χ0v) is 15.7. The number of furan rings is 1. The average Bonchev–Trinajstić information content (AvgIpc) is 3.29. The molecule has 1 aromatic carbocycles. The zero-order chi connectivity index (χ0) is 18.2. The fourth-order valence-corrected chi connectivity index (χ4v) is 3.15. The first-order valence-electron chi connectivity index (χ1n) is 9.31. The lowest BCUT2D eigenvalue weighted by Crippen LogP contribution is -2.39. The zero-order valence-electron chi connectivity index (χ0n) is 15.7. The van der Waals surface area contributed by atoms with Crippen molar-refractivity contribution >= 4 is 16.9 Å². The van der Waals surface area contributed by atoms with E-state index in [1.807, 2.05) is 25.2 Å². The van der Waals surface area contributed by atoms with Crippen molar-refractivity contribution in [2.75, 3.05) is 47.1 Å². The molecule has 1 N–H and O–H groups in total. The Morgan fingerprint density at radius 3 is 3.04 bits per heavy atom. The van der Waals surface area contributed by atoms with E-state index in [0.717, 1.165) is 68.5 Å². The summed E-state index contributed by atoms with van der Waals surface area (Å²) in [7, 11) is 3.81. The predicted octanol–water partition coefficient (Wildman–Crippen LogP) is 2.88. The summed E-state index contributed by atoms with van der Waals surface area (Å²) in [4.78, 5) is 6.42. The molecule has 1 saturated heterocycles. The maximum absolute atomic E-state index is 5.88. The van der Waals surface area contributed by atoms with Gasteiger partial charge in [-0.05, 0) is 25.0 Å². The van der Waals surface area contributed by atoms with Crippen molar-refractivity contribution in [3.8, 4) is 0 Å². The Labute approximate surface area is 155 Å². The highest BCUT2D eigenvalue weighted by Gasteiger charge is 2.15. The van der Waals surface area contributed by atoms with Gasteiger partial charge in [0.1, 0.15) is 11.3 Å². The van der Waals surface area contributed by atoms with Gasteiger partial charge in [-0.1, -0.05) is 18.2 Å². The standard InChI is InChI=1S/C20H29N3O3/c1-21-20(22-9-5-10-24-14-16-8-11-25-15-16)23(2)13-18-12-17-6-3-4-7-19(17)26-18/h3-4,6-7,12,16H,5,8-11,13-15H2,1-2H3,(H,21,22). The van der Waals surface area contributed by atoms with Crippen molar-refractivity contribution in [2.45, 2.75) is 19.4 Å². The molecule has 0 saturated carbocycles. The monoisotopic (exact) mass is 359 g/mol. The second-order valence-electron chi connectivity index (χ2n) is 6.74. The van der Waals surface area contributed by atoms with Gasteiger partial charge in [-0.3, -0.25) is 4.99 Å². The molecule has 26 heavy (non-hydrogen) atoms. The fourth-order valence-electron chi connectivity index (χ4n) is 3.15. The molecule has 1 aliphatic rings. The Morgan fingerprint density at radius 2 is 2.27 bits per heavy atom. The van der Waals surface area contributed by atoms with Gasteiger partial charge in [-0.2, -0.15) is 0 Å². The number of hydrogen-bond acceptors (Lipinski definition) is 4. The Balaban J connectivity index is 1.37. The van der Waals surface area contributed by atoms with E-state index in [1.165, 1.54) is 0 Å². The van der Waals surface area contributed by atoms with Gasteiger partial charge in [0.05, 0.1) is 19.8 Å². The van der Waals surface area contributed by atoms with Crippen LogP contribution in [0.2, 0.25) is 0 Å². The van der Waals surface area contributed by atoms with Crippen LogP contribution in [0.4, 0.5) is 0 Å². The maximum atomic E-state index is 5.88. The van der Waals surface area contributed by atoms with E-state index in [1.54, 1.807) is 7.05 Å². The van der Waals surface area contributed by atoms with E-state index in [0.29, 0.717) is 12.5 Å². The van der Waals surface area contributed by atoms with Gasteiger partial charge < -0.3 is 24.1 Å².